The van der Waals surface area contributed by atoms with Gasteiger partial charge in [0, 0.05) is 26.3 Å². The molecular formula is C22H24Cl2N2O6S. The zero-order valence-electron chi connectivity index (χ0n) is 18.4. The van der Waals surface area contributed by atoms with Gasteiger partial charge in [-0.3, -0.25) is 4.79 Å². The fraction of sp³-hybridized carbons (Fsp3) is 0.364. The molecule has 0 saturated carbocycles. The van der Waals surface area contributed by atoms with E-state index in [4.69, 9.17) is 32.7 Å². The van der Waals surface area contributed by atoms with Crippen molar-refractivity contribution in [3.8, 4) is 5.75 Å². The molecule has 0 bridgehead atoms. The summed E-state index contributed by atoms with van der Waals surface area (Å²) in [5.41, 5.74) is 1.59. The fourth-order valence-corrected chi connectivity index (χ4v) is 4.99. The summed E-state index contributed by atoms with van der Waals surface area (Å²) in [6, 6.07) is 7.47. The smallest absolute Gasteiger partial charge is 0.338 e. The number of hydrogen-bond donors (Lipinski definition) is 0. The zero-order chi connectivity index (χ0) is 24.3. The molecule has 0 radical (unpaired) electrons. The average Bonchev–Trinajstić information content (AvgIpc) is 2.77. The summed E-state index contributed by atoms with van der Waals surface area (Å²) in [5.74, 6) is -0.811. The Morgan fingerprint density at radius 3 is 2.39 bits per heavy atom. The first-order valence-electron chi connectivity index (χ1n) is 10.2. The second-order valence-electron chi connectivity index (χ2n) is 7.51. The van der Waals surface area contributed by atoms with Crippen LogP contribution in [0, 0.1) is 0 Å². The van der Waals surface area contributed by atoms with Crippen molar-refractivity contribution < 1.29 is 27.5 Å². The summed E-state index contributed by atoms with van der Waals surface area (Å²) >= 11 is 12.4. The number of benzene rings is 2. The maximum atomic E-state index is 12.9. The van der Waals surface area contributed by atoms with Gasteiger partial charge in [-0.05, 0) is 55.7 Å². The molecule has 0 unspecified atom stereocenters. The van der Waals surface area contributed by atoms with Crippen LogP contribution in [0.5, 0.6) is 5.75 Å². The van der Waals surface area contributed by atoms with Gasteiger partial charge in [0.15, 0.2) is 12.4 Å². The molecule has 2 aromatic carbocycles. The van der Waals surface area contributed by atoms with Crippen LogP contribution in [0.15, 0.2) is 35.2 Å². The highest BCUT2D eigenvalue weighted by Crippen LogP contribution is 2.35. The zero-order valence-corrected chi connectivity index (χ0v) is 20.8. The lowest BCUT2D eigenvalue weighted by molar-refractivity contribution is -0.120. The number of ether oxygens (including phenoxy) is 2. The third-order valence-electron chi connectivity index (χ3n) is 5.10. The Hall–Kier alpha value is -2.33. The molecule has 0 aliphatic carbocycles. The molecule has 0 saturated heterocycles. The van der Waals surface area contributed by atoms with Crippen LogP contribution in [-0.2, 0) is 26.0 Å². The van der Waals surface area contributed by atoms with Crippen molar-refractivity contribution >= 4 is 50.8 Å². The largest absolute Gasteiger partial charge is 0.481 e. The van der Waals surface area contributed by atoms with Gasteiger partial charge in [-0.2, -0.15) is 0 Å². The second-order valence-corrected chi connectivity index (χ2v) is 10.5. The Kier molecular flexibility index (Phi) is 7.89. The van der Waals surface area contributed by atoms with E-state index in [0.717, 1.165) is 9.87 Å². The number of esters is 1. The van der Waals surface area contributed by atoms with Gasteiger partial charge in [-0.15, -0.1) is 0 Å². The molecule has 0 fully saturated rings. The van der Waals surface area contributed by atoms with Crippen LogP contribution in [0.3, 0.4) is 0 Å². The van der Waals surface area contributed by atoms with E-state index >= 15 is 0 Å². The summed E-state index contributed by atoms with van der Waals surface area (Å²) < 4.78 is 36.5. The molecule has 3 rings (SSSR count). The summed E-state index contributed by atoms with van der Waals surface area (Å²) in [6.07, 6.45) is 1.34. The number of hydrogen-bond acceptors (Lipinski definition) is 6. The lowest BCUT2D eigenvalue weighted by atomic mass is 10.0. The van der Waals surface area contributed by atoms with Gasteiger partial charge in [-0.1, -0.05) is 23.2 Å². The summed E-state index contributed by atoms with van der Waals surface area (Å²) in [4.78, 5) is 26.5. The molecule has 1 aliphatic heterocycles. The Morgan fingerprint density at radius 1 is 1.12 bits per heavy atom. The molecular weight excluding hydrogens is 491 g/mol. The monoisotopic (exact) mass is 514 g/mol. The lowest BCUT2D eigenvalue weighted by Gasteiger charge is -2.30. The van der Waals surface area contributed by atoms with Crippen molar-refractivity contribution in [3.05, 3.63) is 51.5 Å². The minimum absolute atomic E-state index is 0.0796. The number of carbonyl (C=O) groups excluding carboxylic acids is 2. The van der Waals surface area contributed by atoms with E-state index in [9.17, 15) is 18.0 Å². The summed E-state index contributed by atoms with van der Waals surface area (Å²) in [5, 5.41) is 0.159. The number of carbonyl (C=O) groups is 2. The molecule has 0 N–H and O–H groups in total. The molecule has 0 atom stereocenters. The first-order valence-corrected chi connectivity index (χ1v) is 12.4. The minimum Gasteiger partial charge on any atom is -0.481 e. The SMILES string of the molecule is CCOC(=O)c1cc(Cl)c(OCC(=O)N2CCCc3cc(S(=O)(=O)N(C)C)ccc32)c(Cl)c1. The molecule has 2 aromatic rings. The van der Waals surface area contributed by atoms with Crippen molar-refractivity contribution in [2.75, 3.05) is 38.8 Å². The third-order valence-corrected chi connectivity index (χ3v) is 7.47. The number of nitrogens with zero attached hydrogens (tertiary/aromatic N) is 2. The minimum atomic E-state index is -3.57. The van der Waals surface area contributed by atoms with E-state index in [1.54, 1.807) is 24.0 Å². The molecule has 1 heterocycles. The Bertz CT molecular complexity index is 1160. The standard InChI is InChI=1S/C22H24Cl2N2O6S/c1-4-31-22(28)15-11-17(23)21(18(24)12-15)32-13-20(27)26-9-5-6-14-10-16(7-8-19(14)26)33(29,30)25(2)3/h7-8,10-12H,4-6,9,13H2,1-3H3. The normalized spacial score (nSPS) is 13.6. The molecule has 0 spiro atoms. The van der Waals surface area contributed by atoms with E-state index in [2.05, 4.69) is 0 Å². The van der Waals surface area contributed by atoms with Crippen LogP contribution in [0.4, 0.5) is 5.69 Å². The average molecular weight is 515 g/mol. The van der Waals surface area contributed by atoms with Crippen molar-refractivity contribution in [2.24, 2.45) is 0 Å². The van der Waals surface area contributed by atoms with Crippen LogP contribution in [0.1, 0.15) is 29.3 Å². The van der Waals surface area contributed by atoms with Crippen LogP contribution in [0.2, 0.25) is 10.0 Å². The number of aryl methyl sites for hydroxylation is 1. The Morgan fingerprint density at radius 2 is 1.79 bits per heavy atom. The first-order chi connectivity index (χ1) is 15.6. The number of halogens is 2. The molecule has 11 heteroatoms. The number of rotatable bonds is 7. The molecule has 33 heavy (non-hydrogen) atoms. The van der Waals surface area contributed by atoms with E-state index in [0.29, 0.717) is 25.1 Å². The number of sulfonamides is 1. The Labute approximate surface area is 203 Å². The van der Waals surface area contributed by atoms with Gasteiger partial charge >= 0.3 is 5.97 Å². The predicted octanol–water partition coefficient (Wildman–Crippen LogP) is 3.78. The fourth-order valence-electron chi connectivity index (χ4n) is 3.45. The number of amides is 1. The summed E-state index contributed by atoms with van der Waals surface area (Å²) in [7, 11) is -0.635. The van der Waals surface area contributed by atoms with Crippen molar-refractivity contribution in [1.82, 2.24) is 4.31 Å². The molecule has 178 valence electrons. The van der Waals surface area contributed by atoms with Gasteiger partial charge < -0.3 is 14.4 Å². The summed E-state index contributed by atoms with van der Waals surface area (Å²) in [6.45, 7) is 2.03. The topological polar surface area (TPSA) is 93.2 Å². The second kappa shape index (κ2) is 10.3. The maximum Gasteiger partial charge on any atom is 0.338 e. The van der Waals surface area contributed by atoms with Gasteiger partial charge in [0.1, 0.15) is 0 Å². The number of anilines is 1. The highest BCUT2D eigenvalue weighted by atomic mass is 35.5. The van der Waals surface area contributed by atoms with Crippen molar-refractivity contribution in [3.63, 3.8) is 0 Å². The Balaban J connectivity index is 1.77. The molecule has 8 nitrogen and oxygen atoms in total. The van der Waals surface area contributed by atoms with Crippen LogP contribution >= 0.6 is 23.2 Å². The van der Waals surface area contributed by atoms with Crippen LogP contribution < -0.4 is 9.64 Å². The van der Waals surface area contributed by atoms with E-state index < -0.39 is 16.0 Å². The van der Waals surface area contributed by atoms with Crippen LogP contribution in [-0.4, -0.2) is 58.5 Å². The van der Waals surface area contributed by atoms with Crippen molar-refractivity contribution in [1.29, 1.82) is 0 Å². The van der Waals surface area contributed by atoms with E-state index in [-0.39, 0.29) is 45.4 Å². The van der Waals surface area contributed by atoms with E-state index in [1.165, 1.54) is 32.3 Å². The quantitative estimate of drug-likeness (QED) is 0.522. The lowest BCUT2D eigenvalue weighted by Crippen LogP contribution is -2.38. The molecule has 1 aliphatic rings. The van der Waals surface area contributed by atoms with Gasteiger partial charge in [-0.25, -0.2) is 17.5 Å². The molecule has 1 amide bonds. The third kappa shape index (κ3) is 5.43. The highest BCUT2D eigenvalue weighted by Gasteiger charge is 2.26. The van der Waals surface area contributed by atoms with Crippen molar-refractivity contribution in [2.45, 2.75) is 24.7 Å². The molecule has 0 aromatic heterocycles. The van der Waals surface area contributed by atoms with Gasteiger partial charge in [0.2, 0.25) is 10.0 Å². The van der Waals surface area contributed by atoms with Gasteiger partial charge in [0.05, 0.1) is 27.1 Å². The van der Waals surface area contributed by atoms with E-state index in [1.807, 2.05) is 0 Å². The van der Waals surface area contributed by atoms with Gasteiger partial charge in [0.25, 0.3) is 5.91 Å². The van der Waals surface area contributed by atoms with Crippen LogP contribution in [0.25, 0.3) is 0 Å². The number of fused-ring (bicyclic) bond motifs is 1. The maximum absolute atomic E-state index is 12.9. The highest BCUT2D eigenvalue weighted by molar-refractivity contribution is 7.89. The predicted molar refractivity (Wildman–Crippen MR) is 126 cm³/mol. The first kappa shape index (κ1) is 25.3.